The zero-order chi connectivity index (χ0) is 20.9. The van der Waals surface area contributed by atoms with E-state index < -0.39 is 15.8 Å². The standard InChI is InChI=1S/C21H25FN2O4S/c1-2-28-19-11-9-18(10-12-19)24(15-21(25)23-17-5-3-4-6-17)29(26,27)20-13-7-16(22)8-14-20/h7-14,17H,2-6,15H2,1H3,(H,23,25). The first-order chi connectivity index (χ1) is 13.9. The van der Waals surface area contributed by atoms with Crippen molar-refractivity contribution in [2.24, 2.45) is 0 Å². The predicted octanol–water partition coefficient (Wildman–Crippen LogP) is 3.48. The fourth-order valence-electron chi connectivity index (χ4n) is 3.40. The minimum absolute atomic E-state index is 0.0817. The Balaban J connectivity index is 1.89. The summed E-state index contributed by atoms with van der Waals surface area (Å²) in [5.41, 5.74) is 0.333. The highest BCUT2D eigenvalue weighted by molar-refractivity contribution is 7.92. The molecule has 29 heavy (non-hydrogen) atoms. The Morgan fingerprint density at radius 2 is 1.72 bits per heavy atom. The molecule has 1 aliphatic rings. The van der Waals surface area contributed by atoms with Crippen LogP contribution in [0.1, 0.15) is 32.6 Å². The highest BCUT2D eigenvalue weighted by Crippen LogP contribution is 2.26. The van der Waals surface area contributed by atoms with Crippen LogP contribution in [0.3, 0.4) is 0 Å². The van der Waals surface area contributed by atoms with Gasteiger partial charge in [0, 0.05) is 6.04 Å². The largest absolute Gasteiger partial charge is 0.494 e. The Bertz CT molecular complexity index is 924. The minimum atomic E-state index is -4.06. The molecule has 2 aromatic carbocycles. The van der Waals surface area contributed by atoms with Gasteiger partial charge in [0.2, 0.25) is 5.91 Å². The van der Waals surface area contributed by atoms with Gasteiger partial charge in [0.1, 0.15) is 18.1 Å². The van der Waals surface area contributed by atoms with Gasteiger partial charge in [0.15, 0.2) is 0 Å². The summed E-state index contributed by atoms with van der Waals surface area (Å²) >= 11 is 0. The van der Waals surface area contributed by atoms with Crippen LogP contribution in [0.15, 0.2) is 53.4 Å². The molecule has 0 saturated heterocycles. The van der Waals surface area contributed by atoms with Gasteiger partial charge in [-0.2, -0.15) is 0 Å². The van der Waals surface area contributed by atoms with Gasteiger partial charge in [-0.25, -0.2) is 12.8 Å². The summed E-state index contributed by atoms with van der Waals surface area (Å²) < 4.78 is 46.2. The van der Waals surface area contributed by atoms with E-state index in [0.717, 1.165) is 42.1 Å². The molecular formula is C21H25FN2O4S. The fourth-order valence-corrected chi connectivity index (χ4v) is 4.82. The molecule has 0 atom stereocenters. The number of carbonyl (C=O) groups is 1. The molecule has 0 aliphatic heterocycles. The number of nitrogens with zero attached hydrogens (tertiary/aromatic N) is 1. The van der Waals surface area contributed by atoms with Crippen LogP contribution < -0.4 is 14.4 Å². The van der Waals surface area contributed by atoms with Gasteiger partial charge >= 0.3 is 0 Å². The molecular weight excluding hydrogens is 395 g/mol. The molecule has 0 unspecified atom stereocenters. The van der Waals surface area contributed by atoms with Crippen LogP contribution in [0.2, 0.25) is 0 Å². The van der Waals surface area contributed by atoms with Gasteiger partial charge in [-0.05, 0) is 68.3 Å². The van der Waals surface area contributed by atoms with E-state index in [1.165, 1.54) is 12.1 Å². The second-order valence-electron chi connectivity index (χ2n) is 6.94. The Morgan fingerprint density at radius 1 is 1.10 bits per heavy atom. The van der Waals surface area contributed by atoms with E-state index in [1.54, 1.807) is 24.3 Å². The van der Waals surface area contributed by atoms with E-state index in [0.29, 0.717) is 18.0 Å². The third-order valence-corrected chi connectivity index (χ3v) is 6.63. The van der Waals surface area contributed by atoms with Crippen LogP contribution in [-0.2, 0) is 14.8 Å². The molecule has 0 radical (unpaired) electrons. The van der Waals surface area contributed by atoms with E-state index in [4.69, 9.17) is 4.74 Å². The average Bonchev–Trinajstić information content (AvgIpc) is 3.20. The van der Waals surface area contributed by atoms with Gasteiger partial charge < -0.3 is 10.1 Å². The van der Waals surface area contributed by atoms with Gasteiger partial charge in [0.25, 0.3) is 10.0 Å². The van der Waals surface area contributed by atoms with Crippen molar-refractivity contribution in [1.29, 1.82) is 0 Å². The highest BCUT2D eigenvalue weighted by Gasteiger charge is 2.28. The first kappa shape index (κ1) is 21.1. The molecule has 1 saturated carbocycles. The Labute approximate surface area is 170 Å². The summed E-state index contributed by atoms with van der Waals surface area (Å²) in [6.07, 6.45) is 3.92. The number of carbonyl (C=O) groups excluding carboxylic acids is 1. The topological polar surface area (TPSA) is 75.7 Å². The van der Waals surface area contributed by atoms with Crippen LogP contribution in [0.25, 0.3) is 0 Å². The van der Waals surface area contributed by atoms with Crippen molar-refractivity contribution in [2.45, 2.75) is 43.5 Å². The van der Waals surface area contributed by atoms with Gasteiger partial charge in [0.05, 0.1) is 17.2 Å². The predicted molar refractivity (Wildman–Crippen MR) is 109 cm³/mol. The zero-order valence-electron chi connectivity index (χ0n) is 16.3. The van der Waals surface area contributed by atoms with Gasteiger partial charge in [-0.1, -0.05) is 12.8 Å². The van der Waals surface area contributed by atoms with Crippen molar-refractivity contribution in [1.82, 2.24) is 5.32 Å². The van der Waals surface area contributed by atoms with E-state index in [1.807, 2.05) is 6.92 Å². The lowest BCUT2D eigenvalue weighted by Crippen LogP contribution is -2.43. The maximum atomic E-state index is 13.3. The first-order valence-electron chi connectivity index (χ1n) is 9.70. The molecule has 2 aromatic rings. The number of hydrogen-bond acceptors (Lipinski definition) is 4. The van der Waals surface area contributed by atoms with Crippen LogP contribution >= 0.6 is 0 Å². The lowest BCUT2D eigenvalue weighted by molar-refractivity contribution is -0.120. The molecule has 156 valence electrons. The van der Waals surface area contributed by atoms with Crippen molar-refractivity contribution in [3.63, 3.8) is 0 Å². The first-order valence-corrected chi connectivity index (χ1v) is 11.1. The normalized spacial score (nSPS) is 14.6. The number of amides is 1. The maximum absolute atomic E-state index is 13.3. The summed E-state index contributed by atoms with van der Waals surface area (Å²) in [7, 11) is -4.06. The Morgan fingerprint density at radius 3 is 2.31 bits per heavy atom. The zero-order valence-corrected chi connectivity index (χ0v) is 17.1. The fraction of sp³-hybridized carbons (Fsp3) is 0.381. The Hall–Kier alpha value is -2.61. The number of nitrogens with one attached hydrogen (secondary N) is 1. The minimum Gasteiger partial charge on any atom is -0.494 e. The van der Waals surface area contributed by atoms with Gasteiger partial charge in [-0.3, -0.25) is 9.10 Å². The highest BCUT2D eigenvalue weighted by atomic mass is 32.2. The van der Waals surface area contributed by atoms with Gasteiger partial charge in [-0.15, -0.1) is 0 Å². The number of halogens is 1. The second kappa shape index (κ2) is 9.26. The number of benzene rings is 2. The third-order valence-electron chi connectivity index (χ3n) is 4.84. The number of rotatable bonds is 8. The molecule has 1 aliphatic carbocycles. The monoisotopic (exact) mass is 420 g/mol. The lowest BCUT2D eigenvalue weighted by Gasteiger charge is -2.25. The number of anilines is 1. The van der Waals surface area contributed by atoms with E-state index >= 15 is 0 Å². The average molecular weight is 421 g/mol. The van der Waals surface area contributed by atoms with Crippen molar-refractivity contribution in [3.05, 3.63) is 54.3 Å². The number of ether oxygens (including phenoxy) is 1. The second-order valence-corrected chi connectivity index (χ2v) is 8.80. The van der Waals surface area contributed by atoms with E-state index in [9.17, 15) is 17.6 Å². The molecule has 0 aromatic heterocycles. The smallest absolute Gasteiger partial charge is 0.264 e. The summed E-state index contributed by atoms with van der Waals surface area (Å²) in [6.45, 7) is 1.98. The quantitative estimate of drug-likeness (QED) is 0.709. The van der Waals surface area contributed by atoms with E-state index in [2.05, 4.69) is 5.32 Å². The summed E-state index contributed by atoms with van der Waals surface area (Å²) in [6, 6.07) is 11.1. The van der Waals surface area contributed by atoms with Crippen LogP contribution in [-0.4, -0.2) is 33.5 Å². The number of hydrogen-bond donors (Lipinski definition) is 1. The molecule has 1 amide bonds. The molecule has 6 nitrogen and oxygen atoms in total. The molecule has 0 heterocycles. The summed E-state index contributed by atoms with van der Waals surface area (Å²) in [5, 5.41) is 2.91. The lowest BCUT2D eigenvalue weighted by atomic mass is 10.2. The molecule has 1 N–H and O–H groups in total. The maximum Gasteiger partial charge on any atom is 0.264 e. The van der Waals surface area contributed by atoms with Crippen molar-refractivity contribution < 1.29 is 22.3 Å². The molecule has 3 rings (SSSR count). The molecule has 8 heteroatoms. The van der Waals surface area contributed by atoms with Crippen molar-refractivity contribution >= 4 is 21.6 Å². The molecule has 0 spiro atoms. The summed E-state index contributed by atoms with van der Waals surface area (Å²) in [5.74, 6) is -0.294. The van der Waals surface area contributed by atoms with Crippen molar-refractivity contribution in [2.75, 3.05) is 17.5 Å². The summed E-state index contributed by atoms with van der Waals surface area (Å²) in [4.78, 5) is 12.5. The molecule has 0 bridgehead atoms. The van der Waals surface area contributed by atoms with Crippen LogP contribution in [0.4, 0.5) is 10.1 Å². The number of sulfonamides is 1. The van der Waals surface area contributed by atoms with Crippen LogP contribution in [0, 0.1) is 5.82 Å². The van der Waals surface area contributed by atoms with E-state index in [-0.39, 0.29) is 23.4 Å². The SMILES string of the molecule is CCOc1ccc(N(CC(=O)NC2CCCC2)S(=O)(=O)c2ccc(F)cc2)cc1. The van der Waals surface area contributed by atoms with Crippen molar-refractivity contribution in [3.8, 4) is 5.75 Å². The third kappa shape index (κ3) is 5.26. The molecule has 1 fully saturated rings. The van der Waals surface area contributed by atoms with Crippen LogP contribution in [0.5, 0.6) is 5.75 Å². The Kier molecular flexibility index (Phi) is 6.74.